The lowest BCUT2D eigenvalue weighted by molar-refractivity contribution is -0.287. The van der Waals surface area contributed by atoms with Crippen molar-refractivity contribution in [2.75, 3.05) is 0 Å². The summed E-state index contributed by atoms with van der Waals surface area (Å²) in [5.74, 6) is -1.34. The number of nitrogens with two attached hydrogens (primary N) is 1. The number of hydrogen-bond donors (Lipinski definition) is 1. The molecule has 9 heteroatoms. The molecule has 0 radical (unpaired) electrons. The third-order valence-corrected chi connectivity index (χ3v) is 5.53. The summed E-state index contributed by atoms with van der Waals surface area (Å²) >= 11 is 6.40. The molecular weight excluding hydrogens is 435 g/mol. The third-order valence-electron chi connectivity index (χ3n) is 5.21. The van der Waals surface area contributed by atoms with E-state index in [4.69, 9.17) is 22.1 Å². The van der Waals surface area contributed by atoms with Crippen LogP contribution < -0.4 is 19.9 Å². The molecule has 1 amide bonds. The Morgan fingerprint density at radius 2 is 1.81 bits per heavy atom. The topological polar surface area (TPSA) is 70.8 Å². The van der Waals surface area contributed by atoms with Crippen LogP contribution in [0.25, 0.3) is 11.1 Å². The fourth-order valence-corrected chi connectivity index (χ4v) is 4.24. The molecule has 5 rings (SSSR count). The van der Waals surface area contributed by atoms with Gasteiger partial charge in [-0.2, -0.15) is 0 Å². The number of carbonyl (C=O) groups is 1. The molecule has 5 nitrogen and oxygen atoms in total. The SMILES string of the molecule is NC(=O)c1cccc(F)c1-c1c(Cl)ccc2c1CC(c1cccc3c1OC(F)(F)O3)O2. The van der Waals surface area contributed by atoms with E-state index in [1.165, 1.54) is 30.3 Å². The highest BCUT2D eigenvalue weighted by atomic mass is 35.5. The quantitative estimate of drug-likeness (QED) is 0.596. The Labute approximate surface area is 179 Å². The van der Waals surface area contributed by atoms with Crippen LogP contribution in [0.3, 0.4) is 0 Å². The van der Waals surface area contributed by atoms with E-state index in [-0.39, 0.29) is 39.6 Å². The zero-order valence-electron chi connectivity index (χ0n) is 15.6. The first-order chi connectivity index (χ1) is 14.7. The van der Waals surface area contributed by atoms with Gasteiger partial charge in [0.15, 0.2) is 11.5 Å². The van der Waals surface area contributed by atoms with Crippen molar-refractivity contribution < 1.29 is 32.2 Å². The fraction of sp³-hybridized carbons (Fsp3) is 0.136. The number of hydrogen-bond acceptors (Lipinski definition) is 4. The second kappa shape index (κ2) is 6.81. The van der Waals surface area contributed by atoms with Gasteiger partial charge in [-0.1, -0.05) is 29.8 Å². The van der Waals surface area contributed by atoms with E-state index in [0.29, 0.717) is 16.9 Å². The van der Waals surface area contributed by atoms with Crippen LogP contribution in [0.15, 0.2) is 48.5 Å². The highest BCUT2D eigenvalue weighted by Crippen LogP contribution is 2.51. The molecule has 1 atom stereocenters. The molecule has 158 valence electrons. The number of halogens is 4. The molecule has 0 saturated carbocycles. The molecular formula is C22H13ClF3NO4. The van der Waals surface area contributed by atoms with Gasteiger partial charge in [0.25, 0.3) is 0 Å². The summed E-state index contributed by atoms with van der Waals surface area (Å²) in [6.45, 7) is 0. The number of alkyl halides is 2. The van der Waals surface area contributed by atoms with Crippen LogP contribution in [0.1, 0.15) is 27.6 Å². The van der Waals surface area contributed by atoms with Gasteiger partial charge in [-0.3, -0.25) is 4.79 Å². The minimum atomic E-state index is -3.78. The summed E-state index contributed by atoms with van der Waals surface area (Å²) in [6, 6.07) is 11.6. The van der Waals surface area contributed by atoms with Gasteiger partial charge in [0.05, 0.1) is 0 Å². The van der Waals surface area contributed by atoms with Crippen LogP contribution in [0.5, 0.6) is 17.2 Å². The zero-order chi connectivity index (χ0) is 21.9. The largest absolute Gasteiger partial charge is 0.586 e. The van der Waals surface area contributed by atoms with E-state index in [0.717, 1.165) is 0 Å². The van der Waals surface area contributed by atoms with Gasteiger partial charge < -0.3 is 19.9 Å². The summed E-state index contributed by atoms with van der Waals surface area (Å²) in [4.78, 5) is 11.9. The number of rotatable bonds is 3. The smallest absolute Gasteiger partial charge is 0.485 e. The van der Waals surface area contributed by atoms with E-state index in [1.807, 2.05) is 0 Å². The second-order valence-electron chi connectivity index (χ2n) is 7.08. The lowest BCUT2D eigenvalue weighted by Crippen LogP contribution is -2.26. The highest BCUT2D eigenvalue weighted by Gasteiger charge is 2.46. The highest BCUT2D eigenvalue weighted by molar-refractivity contribution is 6.34. The fourth-order valence-electron chi connectivity index (χ4n) is 3.96. The van der Waals surface area contributed by atoms with E-state index in [9.17, 15) is 18.0 Å². The van der Waals surface area contributed by atoms with Crippen LogP contribution in [0, 0.1) is 5.82 Å². The first kappa shape index (κ1) is 19.6. The lowest BCUT2D eigenvalue weighted by Gasteiger charge is -2.13. The minimum absolute atomic E-state index is 0.0317. The number of para-hydroxylation sites is 1. The van der Waals surface area contributed by atoms with Crippen molar-refractivity contribution in [1.29, 1.82) is 0 Å². The van der Waals surface area contributed by atoms with Crippen molar-refractivity contribution in [2.45, 2.75) is 18.8 Å². The molecule has 2 heterocycles. The summed E-state index contributed by atoms with van der Waals surface area (Å²) in [7, 11) is 0. The standard InChI is InChI=1S/C22H13ClF3NO4/c23-13-7-8-15-12(18(13)19-11(21(27)28)4-1-5-14(19)24)9-17(29-15)10-3-2-6-16-20(10)31-22(25,26)30-16/h1-8,17H,9H2,(H2,27,28). The molecule has 0 aromatic heterocycles. The molecule has 1 unspecified atom stereocenters. The molecule has 3 aromatic carbocycles. The van der Waals surface area contributed by atoms with Crippen molar-refractivity contribution in [1.82, 2.24) is 0 Å². The maximum atomic E-state index is 14.8. The van der Waals surface area contributed by atoms with Gasteiger partial charge in [-0.05, 0) is 30.3 Å². The molecule has 0 spiro atoms. The van der Waals surface area contributed by atoms with Crippen LogP contribution in [-0.4, -0.2) is 12.2 Å². The predicted octanol–water partition coefficient (Wildman–Crippen LogP) is 5.24. The Morgan fingerprint density at radius 3 is 2.58 bits per heavy atom. The van der Waals surface area contributed by atoms with Crippen LogP contribution in [0.4, 0.5) is 13.2 Å². The predicted molar refractivity (Wildman–Crippen MR) is 105 cm³/mol. The van der Waals surface area contributed by atoms with Gasteiger partial charge in [0, 0.05) is 39.3 Å². The van der Waals surface area contributed by atoms with Gasteiger partial charge in [-0.15, -0.1) is 8.78 Å². The number of ether oxygens (including phenoxy) is 3. The molecule has 0 aliphatic carbocycles. The molecule has 0 fully saturated rings. The van der Waals surface area contributed by atoms with Crippen LogP contribution >= 0.6 is 11.6 Å². The number of primary amides is 1. The molecule has 2 N–H and O–H groups in total. The number of carbonyl (C=O) groups excluding carboxylic acids is 1. The lowest BCUT2D eigenvalue weighted by atomic mass is 9.91. The van der Waals surface area contributed by atoms with Crippen molar-refractivity contribution in [3.05, 3.63) is 76.1 Å². The van der Waals surface area contributed by atoms with E-state index in [1.54, 1.807) is 18.2 Å². The first-order valence-electron chi connectivity index (χ1n) is 9.20. The van der Waals surface area contributed by atoms with Gasteiger partial charge in [-0.25, -0.2) is 4.39 Å². The Morgan fingerprint density at radius 1 is 1.03 bits per heavy atom. The van der Waals surface area contributed by atoms with Crippen molar-refractivity contribution in [2.24, 2.45) is 5.73 Å². The Kier molecular flexibility index (Phi) is 4.30. The maximum Gasteiger partial charge on any atom is 0.586 e. The van der Waals surface area contributed by atoms with E-state index < -0.39 is 24.1 Å². The summed E-state index contributed by atoms with van der Waals surface area (Å²) < 4.78 is 57.1. The third kappa shape index (κ3) is 3.14. The Bertz CT molecular complexity index is 1250. The molecule has 3 aromatic rings. The molecule has 2 aliphatic rings. The normalized spacial score (nSPS) is 17.9. The average molecular weight is 448 g/mol. The number of benzene rings is 3. The van der Waals surface area contributed by atoms with Gasteiger partial charge in [0.2, 0.25) is 5.91 Å². The first-order valence-corrected chi connectivity index (χ1v) is 9.58. The zero-order valence-corrected chi connectivity index (χ0v) is 16.4. The maximum absolute atomic E-state index is 14.8. The van der Waals surface area contributed by atoms with E-state index in [2.05, 4.69) is 9.47 Å². The summed E-state index contributed by atoms with van der Waals surface area (Å²) in [5.41, 5.74) is 6.50. The molecule has 0 saturated heterocycles. The molecule has 31 heavy (non-hydrogen) atoms. The Balaban J connectivity index is 1.62. The molecule has 0 bridgehead atoms. The minimum Gasteiger partial charge on any atom is -0.485 e. The van der Waals surface area contributed by atoms with Crippen molar-refractivity contribution >= 4 is 17.5 Å². The number of amides is 1. The summed E-state index contributed by atoms with van der Waals surface area (Å²) in [5, 5.41) is 0.194. The van der Waals surface area contributed by atoms with Crippen molar-refractivity contribution in [3.8, 4) is 28.4 Å². The van der Waals surface area contributed by atoms with Crippen LogP contribution in [0.2, 0.25) is 5.02 Å². The second-order valence-corrected chi connectivity index (χ2v) is 7.49. The van der Waals surface area contributed by atoms with E-state index >= 15 is 0 Å². The van der Waals surface area contributed by atoms with Crippen LogP contribution in [-0.2, 0) is 6.42 Å². The summed E-state index contributed by atoms with van der Waals surface area (Å²) in [6.07, 6.45) is -4.33. The molecule has 2 aliphatic heterocycles. The number of fused-ring (bicyclic) bond motifs is 2. The average Bonchev–Trinajstić information content (AvgIpc) is 3.27. The van der Waals surface area contributed by atoms with Gasteiger partial charge in [0.1, 0.15) is 17.7 Å². The Hall–Kier alpha value is -3.39. The van der Waals surface area contributed by atoms with Gasteiger partial charge >= 0.3 is 6.29 Å². The monoisotopic (exact) mass is 447 g/mol. The van der Waals surface area contributed by atoms with Crippen molar-refractivity contribution in [3.63, 3.8) is 0 Å².